The molecule has 0 aromatic heterocycles. The molecule has 0 aromatic rings. The molecular weight excluding hydrogens is 194 g/mol. The Bertz CT molecular complexity index is 247. The van der Waals surface area contributed by atoms with Crippen molar-refractivity contribution in [2.24, 2.45) is 0 Å². The first-order valence-electron chi connectivity index (χ1n) is 4.21. The number of hydrogen-bond acceptors (Lipinski definition) is 4. The van der Waals surface area contributed by atoms with Gasteiger partial charge in [0.1, 0.15) is 0 Å². The number of rotatable bonds is 6. The molecule has 1 rings (SSSR count). The minimum Gasteiger partial charge on any atom is -0.395 e. The minimum atomic E-state index is -3.21. The first-order valence-corrected chi connectivity index (χ1v) is 5.75. The Morgan fingerprint density at radius 3 is 2.62 bits per heavy atom. The van der Waals surface area contributed by atoms with E-state index in [1.165, 1.54) is 7.11 Å². The third kappa shape index (κ3) is 3.22. The van der Waals surface area contributed by atoms with E-state index in [0.717, 1.165) is 12.8 Å². The summed E-state index contributed by atoms with van der Waals surface area (Å²) in [7, 11) is -1.74. The Morgan fingerprint density at radius 1 is 1.62 bits per heavy atom. The van der Waals surface area contributed by atoms with Gasteiger partial charge in [-0.25, -0.2) is 13.1 Å². The maximum absolute atomic E-state index is 11.4. The lowest BCUT2D eigenvalue weighted by atomic mass is 10.4. The van der Waals surface area contributed by atoms with Crippen molar-refractivity contribution in [2.75, 3.05) is 20.3 Å². The summed E-state index contributed by atoms with van der Waals surface area (Å²) in [6.07, 6.45) is 1.45. The largest absolute Gasteiger partial charge is 0.395 e. The topological polar surface area (TPSA) is 75.6 Å². The Balaban J connectivity index is 2.44. The van der Waals surface area contributed by atoms with Crippen LogP contribution in [-0.2, 0) is 14.8 Å². The van der Waals surface area contributed by atoms with Gasteiger partial charge in [0.25, 0.3) is 0 Å². The van der Waals surface area contributed by atoms with Crippen LogP contribution in [0.5, 0.6) is 0 Å². The summed E-state index contributed by atoms with van der Waals surface area (Å²) >= 11 is 0. The lowest BCUT2D eigenvalue weighted by Crippen LogP contribution is -2.42. The van der Waals surface area contributed by atoms with Gasteiger partial charge in [-0.05, 0) is 12.8 Å². The smallest absolute Gasteiger partial charge is 0.214 e. The first-order chi connectivity index (χ1) is 6.10. The molecule has 0 heterocycles. The number of methoxy groups -OCH3 is 1. The Hall–Kier alpha value is -0.170. The number of sulfonamides is 1. The van der Waals surface area contributed by atoms with E-state index in [9.17, 15) is 8.42 Å². The van der Waals surface area contributed by atoms with Crippen molar-refractivity contribution in [3.05, 3.63) is 0 Å². The fourth-order valence-corrected chi connectivity index (χ4v) is 2.59. The quantitative estimate of drug-likeness (QED) is 0.593. The SMILES string of the molecule is COCC(CO)NS(=O)(=O)C1CC1. The van der Waals surface area contributed by atoms with Crippen LogP contribution in [0.4, 0.5) is 0 Å². The monoisotopic (exact) mass is 209 g/mol. The minimum absolute atomic E-state index is 0.197. The van der Waals surface area contributed by atoms with Crippen molar-refractivity contribution < 1.29 is 18.3 Å². The number of hydrogen-bond donors (Lipinski definition) is 2. The summed E-state index contributed by atoms with van der Waals surface area (Å²) in [6, 6.07) is -0.518. The van der Waals surface area contributed by atoms with Gasteiger partial charge in [0.05, 0.1) is 24.5 Å². The van der Waals surface area contributed by atoms with Gasteiger partial charge in [0.2, 0.25) is 10.0 Å². The van der Waals surface area contributed by atoms with E-state index in [2.05, 4.69) is 4.72 Å². The van der Waals surface area contributed by atoms with E-state index in [0.29, 0.717) is 0 Å². The standard InChI is InChI=1S/C7H15NO4S/c1-12-5-6(4-9)8-13(10,11)7-2-3-7/h6-9H,2-5H2,1H3. The zero-order chi connectivity index (χ0) is 9.90. The van der Waals surface area contributed by atoms with E-state index in [-0.39, 0.29) is 18.5 Å². The normalized spacial score (nSPS) is 20.2. The van der Waals surface area contributed by atoms with E-state index < -0.39 is 16.1 Å². The summed E-state index contributed by atoms with van der Waals surface area (Å²) in [5, 5.41) is 8.56. The molecule has 1 aliphatic carbocycles. The van der Waals surface area contributed by atoms with Crippen LogP contribution in [-0.4, -0.2) is 45.1 Å². The van der Waals surface area contributed by atoms with Gasteiger partial charge >= 0.3 is 0 Å². The van der Waals surface area contributed by atoms with Crippen LogP contribution in [0.25, 0.3) is 0 Å². The molecule has 1 atom stereocenters. The molecule has 6 heteroatoms. The predicted octanol–water partition coefficient (Wildman–Crippen LogP) is -0.924. The molecule has 1 aliphatic rings. The Labute approximate surface area is 78.1 Å². The maximum Gasteiger partial charge on any atom is 0.214 e. The van der Waals surface area contributed by atoms with E-state index in [1.807, 2.05) is 0 Å². The molecule has 0 spiro atoms. The van der Waals surface area contributed by atoms with Crippen LogP contribution in [0, 0.1) is 0 Å². The molecule has 0 bridgehead atoms. The molecule has 0 aromatic carbocycles. The molecule has 1 unspecified atom stereocenters. The molecule has 0 radical (unpaired) electrons. The number of nitrogens with one attached hydrogen (secondary N) is 1. The van der Waals surface area contributed by atoms with Gasteiger partial charge in [-0.3, -0.25) is 0 Å². The van der Waals surface area contributed by atoms with Crippen LogP contribution < -0.4 is 4.72 Å². The Morgan fingerprint density at radius 2 is 2.23 bits per heavy atom. The van der Waals surface area contributed by atoms with Gasteiger partial charge in [-0.1, -0.05) is 0 Å². The van der Waals surface area contributed by atoms with Crippen LogP contribution in [0.3, 0.4) is 0 Å². The van der Waals surface area contributed by atoms with Crippen molar-refractivity contribution in [1.29, 1.82) is 0 Å². The van der Waals surface area contributed by atoms with Gasteiger partial charge in [-0.15, -0.1) is 0 Å². The highest BCUT2D eigenvalue weighted by Crippen LogP contribution is 2.27. The second-order valence-corrected chi connectivity index (χ2v) is 5.19. The molecule has 0 amide bonds. The van der Waals surface area contributed by atoms with Crippen LogP contribution in [0.15, 0.2) is 0 Å². The fourth-order valence-electron chi connectivity index (χ4n) is 1.03. The molecular formula is C7H15NO4S. The second-order valence-electron chi connectivity index (χ2n) is 3.20. The zero-order valence-electron chi connectivity index (χ0n) is 7.56. The van der Waals surface area contributed by atoms with Crippen LogP contribution >= 0.6 is 0 Å². The average Bonchev–Trinajstić information content (AvgIpc) is 2.85. The summed E-state index contributed by atoms with van der Waals surface area (Å²) in [5.74, 6) is 0. The second kappa shape index (κ2) is 4.36. The lowest BCUT2D eigenvalue weighted by molar-refractivity contribution is 0.139. The summed E-state index contributed by atoms with van der Waals surface area (Å²) in [5.41, 5.74) is 0. The van der Waals surface area contributed by atoms with E-state index in [1.54, 1.807) is 0 Å². The summed E-state index contributed by atoms with van der Waals surface area (Å²) in [6.45, 7) is -0.0394. The van der Waals surface area contributed by atoms with Crippen molar-refractivity contribution in [3.8, 4) is 0 Å². The molecule has 5 nitrogen and oxygen atoms in total. The molecule has 2 N–H and O–H groups in total. The number of aliphatic hydroxyl groups is 1. The van der Waals surface area contributed by atoms with Gasteiger partial charge < -0.3 is 9.84 Å². The average molecular weight is 209 g/mol. The van der Waals surface area contributed by atoms with Crippen molar-refractivity contribution in [2.45, 2.75) is 24.1 Å². The fraction of sp³-hybridized carbons (Fsp3) is 1.00. The summed E-state index contributed by atoms with van der Waals surface area (Å²) in [4.78, 5) is 0. The first kappa shape index (κ1) is 10.9. The molecule has 0 aliphatic heterocycles. The van der Waals surface area contributed by atoms with Crippen molar-refractivity contribution in [1.82, 2.24) is 4.72 Å². The van der Waals surface area contributed by atoms with Crippen LogP contribution in [0.1, 0.15) is 12.8 Å². The molecule has 78 valence electrons. The molecule has 13 heavy (non-hydrogen) atoms. The van der Waals surface area contributed by atoms with Gasteiger partial charge in [0, 0.05) is 7.11 Å². The van der Waals surface area contributed by atoms with Gasteiger partial charge in [-0.2, -0.15) is 0 Å². The molecule has 1 fully saturated rings. The molecule has 1 saturated carbocycles. The highest BCUT2D eigenvalue weighted by Gasteiger charge is 2.36. The van der Waals surface area contributed by atoms with E-state index in [4.69, 9.17) is 9.84 Å². The van der Waals surface area contributed by atoms with Crippen molar-refractivity contribution >= 4 is 10.0 Å². The number of ether oxygens (including phenoxy) is 1. The highest BCUT2D eigenvalue weighted by atomic mass is 32.2. The van der Waals surface area contributed by atoms with Crippen molar-refractivity contribution in [3.63, 3.8) is 0 Å². The summed E-state index contributed by atoms with van der Waals surface area (Å²) < 4.78 is 29.9. The highest BCUT2D eigenvalue weighted by molar-refractivity contribution is 7.90. The maximum atomic E-state index is 11.4. The van der Waals surface area contributed by atoms with Crippen LogP contribution in [0.2, 0.25) is 0 Å². The number of aliphatic hydroxyl groups excluding tert-OH is 1. The van der Waals surface area contributed by atoms with Gasteiger partial charge in [0.15, 0.2) is 0 Å². The van der Waals surface area contributed by atoms with E-state index >= 15 is 0 Å². The lowest BCUT2D eigenvalue weighted by Gasteiger charge is -2.14. The third-order valence-electron chi connectivity index (χ3n) is 1.88. The predicted molar refractivity (Wildman–Crippen MR) is 47.8 cm³/mol. The Kier molecular flexibility index (Phi) is 3.66. The zero-order valence-corrected chi connectivity index (χ0v) is 8.38. The molecule has 0 saturated heterocycles. The third-order valence-corrected chi connectivity index (χ3v) is 3.89.